The summed E-state index contributed by atoms with van der Waals surface area (Å²) in [6.45, 7) is 0. The molecule has 1 aromatic heterocycles. The van der Waals surface area contributed by atoms with Crippen molar-refractivity contribution >= 4 is 17.7 Å². The van der Waals surface area contributed by atoms with E-state index in [2.05, 4.69) is 6.07 Å². The fourth-order valence-corrected chi connectivity index (χ4v) is 5.97. The summed E-state index contributed by atoms with van der Waals surface area (Å²) >= 11 is 1.19. The molecular formula is C25H25N3O3S. The molecule has 7 heteroatoms. The summed E-state index contributed by atoms with van der Waals surface area (Å²) in [5.74, 6) is 0.243. The predicted octanol–water partition coefficient (Wildman–Crippen LogP) is 3.85. The third-order valence-electron chi connectivity index (χ3n) is 6.60. The highest BCUT2D eigenvalue weighted by Gasteiger charge is 2.44. The number of ether oxygens (including phenoxy) is 1. The van der Waals surface area contributed by atoms with Gasteiger partial charge in [0.2, 0.25) is 5.91 Å². The van der Waals surface area contributed by atoms with E-state index in [0.717, 1.165) is 48.9 Å². The van der Waals surface area contributed by atoms with Gasteiger partial charge in [0, 0.05) is 17.0 Å². The number of benzene rings is 2. The number of carbonyl (C=O) groups excluding carboxylic acids is 1. The molecule has 0 aliphatic heterocycles. The monoisotopic (exact) mass is 447 g/mol. The average molecular weight is 448 g/mol. The molecule has 0 bridgehead atoms. The summed E-state index contributed by atoms with van der Waals surface area (Å²) in [4.78, 5) is 30.8. The molecule has 3 aromatic rings. The van der Waals surface area contributed by atoms with Gasteiger partial charge in [0.05, 0.1) is 29.8 Å². The molecule has 0 radical (unpaired) electrons. The van der Waals surface area contributed by atoms with Crippen LogP contribution in [0.15, 0.2) is 58.5 Å². The molecule has 1 fully saturated rings. The van der Waals surface area contributed by atoms with Gasteiger partial charge in [0.1, 0.15) is 5.75 Å². The lowest BCUT2D eigenvalue weighted by Gasteiger charge is -2.36. The second kappa shape index (κ2) is 8.13. The number of amides is 1. The number of primary amides is 1. The predicted molar refractivity (Wildman–Crippen MR) is 126 cm³/mol. The molecule has 1 amide bonds. The molecular weight excluding hydrogens is 422 g/mol. The Morgan fingerprint density at radius 3 is 2.72 bits per heavy atom. The van der Waals surface area contributed by atoms with Crippen molar-refractivity contribution in [1.82, 2.24) is 9.55 Å². The van der Waals surface area contributed by atoms with E-state index in [1.807, 2.05) is 42.5 Å². The van der Waals surface area contributed by atoms with Gasteiger partial charge in [-0.25, -0.2) is 4.98 Å². The van der Waals surface area contributed by atoms with Gasteiger partial charge in [-0.15, -0.1) is 0 Å². The SMILES string of the molecule is COc1cccc(-n2c(SCC(N)=O)nc3c(c2=O)C2(CCCC2)Cc2ccccc2-3)c1. The number of aromatic nitrogens is 2. The molecule has 0 atom stereocenters. The van der Waals surface area contributed by atoms with E-state index in [1.165, 1.54) is 17.3 Å². The smallest absolute Gasteiger partial charge is 0.263 e. The molecule has 164 valence electrons. The number of rotatable bonds is 5. The zero-order valence-corrected chi connectivity index (χ0v) is 18.8. The van der Waals surface area contributed by atoms with E-state index in [9.17, 15) is 9.59 Å². The molecule has 6 nitrogen and oxygen atoms in total. The molecule has 2 aromatic carbocycles. The van der Waals surface area contributed by atoms with E-state index in [0.29, 0.717) is 16.6 Å². The molecule has 0 saturated heterocycles. The number of carbonyl (C=O) groups is 1. The van der Waals surface area contributed by atoms with E-state index in [4.69, 9.17) is 15.5 Å². The largest absolute Gasteiger partial charge is 0.497 e. The van der Waals surface area contributed by atoms with Crippen LogP contribution in [-0.2, 0) is 16.6 Å². The van der Waals surface area contributed by atoms with Crippen molar-refractivity contribution in [3.05, 3.63) is 70.0 Å². The second-order valence-electron chi connectivity index (χ2n) is 8.54. The van der Waals surface area contributed by atoms with Crippen molar-refractivity contribution in [3.63, 3.8) is 0 Å². The molecule has 0 unspecified atom stereocenters. The van der Waals surface area contributed by atoms with Crippen LogP contribution in [0.4, 0.5) is 0 Å². The van der Waals surface area contributed by atoms with Gasteiger partial charge in [-0.1, -0.05) is 54.9 Å². The minimum absolute atomic E-state index is 0.0436. The van der Waals surface area contributed by atoms with Crippen LogP contribution in [0.5, 0.6) is 5.75 Å². The highest BCUT2D eigenvalue weighted by Crippen LogP contribution is 2.50. The molecule has 2 aliphatic rings. The molecule has 5 rings (SSSR count). The number of methoxy groups -OCH3 is 1. The lowest BCUT2D eigenvalue weighted by Crippen LogP contribution is -2.40. The van der Waals surface area contributed by atoms with Crippen molar-refractivity contribution in [2.45, 2.75) is 42.7 Å². The van der Waals surface area contributed by atoms with Crippen LogP contribution in [0.3, 0.4) is 0 Å². The van der Waals surface area contributed by atoms with Gasteiger partial charge in [-0.05, 0) is 37.0 Å². The van der Waals surface area contributed by atoms with Crippen molar-refractivity contribution in [3.8, 4) is 22.7 Å². The Labute approximate surface area is 190 Å². The molecule has 1 heterocycles. The minimum atomic E-state index is -0.452. The van der Waals surface area contributed by atoms with E-state index < -0.39 is 5.91 Å². The van der Waals surface area contributed by atoms with Crippen molar-refractivity contribution in [1.29, 1.82) is 0 Å². The Bertz CT molecular complexity index is 1260. The summed E-state index contributed by atoms with van der Waals surface area (Å²) in [6.07, 6.45) is 5.05. The van der Waals surface area contributed by atoms with Crippen molar-refractivity contribution in [2.75, 3.05) is 12.9 Å². The number of hydrogen-bond acceptors (Lipinski definition) is 5. The summed E-state index contributed by atoms with van der Waals surface area (Å²) in [7, 11) is 1.60. The number of nitrogens with two attached hydrogens (primary N) is 1. The first-order valence-electron chi connectivity index (χ1n) is 10.8. The highest BCUT2D eigenvalue weighted by atomic mass is 32.2. The standard InChI is InChI=1S/C25H25N3O3S/c1-31-18-9-6-8-17(13-18)28-23(30)21-22(27-24(28)32-15-20(26)29)19-10-3-2-7-16(19)14-25(21)11-4-5-12-25/h2-3,6-10,13H,4-5,11-12,14-15H2,1H3,(H2,26,29). The molecule has 2 aliphatic carbocycles. The number of thioether (sulfide) groups is 1. The van der Waals surface area contributed by atoms with Gasteiger partial charge in [-0.2, -0.15) is 0 Å². The first-order chi connectivity index (χ1) is 15.5. The molecule has 32 heavy (non-hydrogen) atoms. The summed E-state index contributed by atoms with van der Waals surface area (Å²) in [5, 5.41) is 0.464. The van der Waals surface area contributed by atoms with Crippen LogP contribution in [-0.4, -0.2) is 28.3 Å². The third-order valence-corrected chi connectivity index (χ3v) is 7.56. The van der Waals surface area contributed by atoms with E-state index in [-0.39, 0.29) is 16.7 Å². The lowest BCUT2D eigenvalue weighted by atomic mass is 9.68. The Hall–Kier alpha value is -3.06. The van der Waals surface area contributed by atoms with Crippen LogP contribution in [0.2, 0.25) is 0 Å². The quantitative estimate of drug-likeness (QED) is 0.474. The Balaban J connectivity index is 1.81. The maximum Gasteiger partial charge on any atom is 0.263 e. The first kappa shape index (κ1) is 20.8. The molecule has 1 saturated carbocycles. The van der Waals surface area contributed by atoms with Crippen LogP contribution in [0, 0.1) is 0 Å². The van der Waals surface area contributed by atoms with Gasteiger partial charge in [-0.3, -0.25) is 14.2 Å². The number of nitrogens with zero attached hydrogens (tertiary/aromatic N) is 2. The topological polar surface area (TPSA) is 87.2 Å². The Kier molecular flexibility index (Phi) is 5.29. The van der Waals surface area contributed by atoms with Crippen LogP contribution < -0.4 is 16.0 Å². The van der Waals surface area contributed by atoms with E-state index in [1.54, 1.807) is 11.7 Å². The number of fused-ring (bicyclic) bond motifs is 4. The van der Waals surface area contributed by atoms with Crippen molar-refractivity contribution < 1.29 is 9.53 Å². The van der Waals surface area contributed by atoms with Gasteiger partial charge >= 0.3 is 0 Å². The highest BCUT2D eigenvalue weighted by molar-refractivity contribution is 7.99. The maximum absolute atomic E-state index is 14.2. The van der Waals surface area contributed by atoms with Crippen LogP contribution in [0.25, 0.3) is 16.9 Å². The van der Waals surface area contributed by atoms with Gasteiger partial charge < -0.3 is 10.5 Å². The summed E-state index contributed by atoms with van der Waals surface area (Å²) in [6, 6.07) is 15.6. The summed E-state index contributed by atoms with van der Waals surface area (Å²) in [5.41, 5.74) is 9.65. The third kappa shape index (κ3) is 3.41. The first-order valence-corrected chi connectivity index (χ1v) is 11.8. The van der Waals surface area contributed by atoms with Gasteiger partial charge in [0.25, 0.3) is 5.56 Å². The Morgan fingerprint density at radius 2 is 1.97 bits per heavy atom. The molecule has 1 spiro atoms. The van der Waals surface area contributed by atoms with E-state index >= 15 is 0 Å². The Morgan fingerprint density at radius 1 is 1.19 bits per heavy atom. The fraction of sp³-hybridized carbons (Fsp3) is 0.320. The minimum Gasteiger partial charge on any atom is -0.497 e. The average Bonchev–Trinajstić information content (AvgIpc) is 3.25. The van der Waals surface area contributed by atoms with Crippen molar-refractivity contribution in [2.24, 2.45) is 5.73 Å². The normalized spacial score (nSPS) is 15.9. The number of hydrogen-bond donors (Lipinski definition) is 1. The maximum atomic E-state index is 14.2. The molecule has 2 N–H and O–H groups in total. The zero-order valence-electron chi connectivity index (χ0n) is 18.0. The second-order valence-corrected chi connectivity index (χ2v) is 9.48. The summed E-state index contributed by atoms with van der Waals surface area (Å²) < 4.78 is 7.02. The fourth-order valence-electron chi connectivity index (χ4n) is 5.22. The van der Waals surface area contributed by atoms with Gasteiger partial charge in [0.15, 0.2) is 5.16 Å². The lowest BCUT2D eigenvalue weighted by molar-refractivity contribution is -0.115. The zero-order chi connectivity index (χ0) is 22.3. The van der Waals surface area contributed by atoms with Crippen LogP contribution in [0.1, 0.15) is 36.8 Å². The van der Waals surface area contributed by atoms with Crippen LogP contribution >= 0.6 is 11.8 Å².